The minimum atomic E-state index is -5.08. The molecule has 2 bridgehead atoms. The smallest absolute Gasteiger partial charge is 0.490 e. The molecule has 306 valence electrons. The summed E-state index contributed by atoms with van der Waals surface area (Å²) >= 11 is 13.8. The van der Waals surface area contributed by atoms with Crippen molar-refractivity contribution in [3.05, 3.63) is 103 Å². The van der Waals surface area contributed by atoms with Crippen molar-refractivity contribution in [1.82, 2.24) is 9.88 Å². The van der Waals surface area contributed by atoms with Crippen LogP contribution in [0.5, 0.6) is 11.5 Å². The van der Waals surface area contributed by atoms with Gasteiger partial charge in [-0.25, -0.2) is 19.4 Å². The number of carboxylic acid groups (broad SMARTS) is 1. The van der Waals surface area contributed by atoms with E-state index >= 15 is 0 Å². The summed E-state index contributed by atoms with van der Waals surface area (Å²) in [5.41, 5.74) is 0.681. The van der Waals surface area contributed by atoms with E-state index < -0.39 is 36.9 Å². The number of thiophene rings is 1. The molecule has 13 nitrogen and oxygen atoms in total. The van der Waals surface area contributed by atoms with Gasteiger partial charge in [0.1, 0.15) is 32.9 Å². The number of alkyl halides is 5. The standard InChI is InChI=1S/C34H32Cl2F2N4O7S.C2HF3O2/c1-46-28-14-21(5-7-26(28)48-33(37)38)27(15-23-24(35)17-41(45)18-25(23)36)47-32(43)30-8-6-22(50-30)16-42(31-4-2-3-11-39-31)34(44)49-29-19-40-12-9-20(29)10-13-40;3-2(4,5)1(6)7/h2-8,11,14,17-18,20,27,29,33H,9-10,12-13,15-16,19H2,1H3;(H,6,7)/t27-,29-;/m0./s1. The molecule has 0 spiro atoms. The number of fused-ring (bicyclic) bond motifs is 3. The van der Waals surface area contributed by atoms with Crippen LogP contribution in [0.1, 0.15) is 44.6 Å². The van der Waals surface area contributed by atoms with Crippen LogP contribution in [0.15, 0.2) is 67.1 Å². The Balaban J connectivity index is 0.000000811. The molecule has 4 aromatic rings. The van der Waals surface area contributed by atoms with Crippen LogP contribution in [-0.2, 0) is 27.2 Å². The monoisotopic (exact) mass is 862 g/mol. The Morgan fingerprint density at radius 3 is 2.32 bits per heavy atom. The molecule has 0 aliphatic carbocycles. The summed E-state index contributed by atoms with van der Waals surface area (Å²) < 4.78 is 79.9. The van der Waals surface area contributed by atoms with E-state index in [-0.39, 0.29) is 45.5 Å². The largest absolute Gasteiger partial charge is 0.619 e. The number of anilines is 1. The number of carbonyl (C=O) groups is 3. The van der Waals surface area contributed by atoms with Crippen molar-refractivity contribution in [2.45, 2.75) is 50.8 Å². The molecule has 6 heterocycles. The fourth-order valence-corrected chi connectivity index (χ4v) is 7.60. The number of hydrogen-bond donors (Lipinski definition) is 1. The lowest BCUT2D eigenvalue weighted by molar-refractivity contribution is -0.605. The van der Waals surface area contributed by atoms with Gasteiger partial charge in [-0.15, -0.1) is 11.3 Å². The number of ether oxygens (including phenoxy) is 4. The van der Waals surface area contributed by atoms with E-state index in [2.05, 4.69) is 14.6 Å². The molecule has 1 N–H and O–H groups in total. The molecule has 3 aromatic heterocycles. The summed E-state index contributed by atoms with van der Waals surface area (Å²) in [6.45, 7) is -0.282. The molecule has 57 heavy (non-hydrogen) atoms. The van der Waals surface area contributed by atoms with Crippen LogP contribution in [0.2, 0.25) is 10.0 Å². The summed E-state index contributed by atoms with van der Waals surface area (Å²) in [6, 6.07) is 12.7. The number of pyridine rings is 2. The lowest BCUT2D eigenvalue weighted by Gasteiger charge is -2.44. The number of rotatable bonds is 12. The Labute approximate surface area is 335 Å². The minimum Gasteiger partial charge on any atom is -0.619 e. The van der Waals surface area contributed by atoms with Gasteiger partial charge in [0.2, 0.25) is 0 Å². The van der Waals surface area contributed by atoms with Gasteiger partial charge >= 0.3 is 30.8 Å². The predicted octanol–water partition coefficient (Wildman–Crippen LogP) is 7.70. The molecule has 0 saturated carbocycles. The SMILES string of the molecule is COc1cc([C@H](Cc2c(Cl)c[n+]([O-])cc2Cl)OC(=O)c2ccc(CN(C(=O)O[C@H]3CN4CCC3CC4)c3ccccn3)s2)ccc1OC(F)F.O=C(O)C(F)(F)F. The van der Waals surface area contributed by atoms with Gasteiger partial charge in [-0.3, -0.25) is 9.80 Å². The highest BCUT2D eigenvalue weighted by atomic mass is 35.5. The topological polar surface area (TPSA) is 155 Å². The van der Waals surface area contributed by atoms with Crippen molar-refractivity contribution in [3.8, 4) is 11.5 Å². The highest BCUT2D eigenvalue weighted by Crippen LogP contribution is 2.37. The number of halogens is 7. The number of aromatic nitrogens is 2. The van der Waals surface area contributed by atoms with E-state index in [9.17, 15) is 36.7 Å². The number of aliphatic carboxylic acids is 1. The van der Waals surface area contributed by atoms with Gasteiger partial charge in [-0.1, -0.05) is 35.3 Å². The van der Waals surface area contributed by atoms with Crippen molar-refractivity contribution < 1.29 is 65.1 Å². The number of esters is 1. The molecular formula is C36H33Cl2F5N4O9S. The van der Waals surface area contributed by atoms with Crippen molar-refractivity contribution in [3.63, 3.8) is 0 Å². The molecule has 1 amide bonds. The molecule has 3 fully saturated rings. The summed E-state index contributed by atoms with van der Waals surface area (Å²) in [4.78, 5) is 45.1. The maximum Gasteiger partial charge on any atom is 0.490 e. The van der Waals surface area contributed by atoms with E-state index in [0.29, 0.717) is 39.0 Å². The molecular weight excluding hydrogens is 830 g/mol. The van der Waals surface area contributed by atoms with Crippen molar-refractivity contribution >= 4 is 58.4 Å². The number of piperidine rings is 3. The van der Waals surface area contributed by atoms with Crippen LogP contribution in [0.3, 0.4) is 0 Å². The van der Waals surface area contributed by atoms with E-state index in [1.807, 2.05) is 0 Å². The van der Waals surface area contributed by atoms with Crippen LogP contribution in [0.25, 0.3) is 0 Å². The number of hydrogen-bond acceptors (Lipinski definition) is 11. The first-order valence-corrected chi connectivity index (χ1v) is 18.5. The average Bonchev–Trinajstić information content (AvgIpc) is 3.64. The lowest BCUT2D eigenvalue weighted by Crippen LogP contribution is -2.53. The molecule has 3 aliphatic heterocycles. The molecule has 2 atom stereocenters. The highest BCUT2D eigenvalue weighted by molar-refractivity contribution is 7.14. The first kappa shape index (κ1) is 43.1. The van der Waals surface area contributed by atoms with E-state index in [4.69, 9.17) is 47.3 Å². The normalized spacial score (nSPS) is 17.9. The summed E-state index contributed by atoms with van der Waals surface area (Å²) in [7, 11) is 1.28. The Bertz CT molecular complexity index is 2020. The molecule has 0 unspecified atom stereocenters. The van der Waals surface area contributed by atoms with Crippen LogP contribution < -0.4 is 19.1 Å². The fraction of sp³-hybridized carbons (Fsp3) is 0.361. The second-order valence-corrected chi connectivity index (χ2v) is 14.6. The third-order valence-corrected chi connectivity index (χ3v) is 10.6. The highest BCUT2D eigenvalue weighted by Gasteiger charge is 2.39. The maximum absolute atomic E-state index is 13.6. The zero-order valence-electron chi connectivity index (χ0n) is 29.7. The Kier molecular flexibility index (Phi) is 14.4. The second-order valence-electron chi connectivity index (χ2n) is 12.6. The van der Waals surface area contributed by atoms with Gasteiger partial charge < -0.3 is 29.3 Å². The van der Waals surface area contributed by atoms with Gasteiger partial charge in [0.05, 0.1) is 13.7 Å². The number of nitrogens with zero attached hydrogens (tertiary/aromatic N) is 4. The third-order valence-electron chi connectivity index (χ3n) is 8.89. The molecule has 0 radical (unpaired) electrons. The number of carbonyl (C=O) groups excluding carboxylic acids is 2. The minimum absolute atomic E-state index is 0.0235. The average molecular weight is 864 g/mol. The van der Waals surface area contributed by atoms with Crippen LogP contribution in [0, 0.1) is 11.1 Å². The Morgan fingerprint density at radius 1 is 1.07 bits per heavy atom. The van der Waals surface area contributed by atoms with Crippen LogP contribution in [-0.4, -0.2) is 78.7 Å². The van der Waals surface area contributed by atoms with E-state index in [1.165, 1.54) is 30.2 Å². The van der Waals surface area contributed by atoms with Gasteiger partial charge in [0, 0.05) is 29.6 Å². The molecule has 3 saturated heterocycles. The summed E-state index contributed by atoms with van der Waals surface area (Å²) in [6.07, 6.45) is -1.15. The van der Waals surface area contributed by atoms with Gasteiger partial charge in [-0.2, -0.15) is 26.7 Å². The number of methoxy groups -OCH3 is 1. The maximum atomic E-state index is 13.6. The zero-order chi connectivity index (χ0) is 41.4. The quantitative estimate of drug-likeness (QED) is 0.0645. The molecule has 21 heteroatoms. The first-order chi connectivity index (χ1) is 27.0. The number of benzene rings is 1. The van der Waals surface area contributed by atoms with Crippen molar-refractivity contribution in [2.24, 2.45) is 5.92 Å². The predicted molar refractivity (Wildman–Crippen MR) is 195 cm³/mol. The van der Waals surface area contributed by atoms with E-state index in [1.54, 1.807) is 36.5 Å². The molecule has 7 rings (SSSR count). The van der Waals surface area contributed by atoms with Gasteiger partial charge in [0.25, 0.3) is 0 Å². The summed E-state index contributed by atoms with van der Waals surface area (Å²) in [5.74, 6) is -2.98. The zero-order valence-corrected chi connectivity index (χ0v) is 32.0. The number of amides is 1. The van der Waals surface area contributed by atoms with Crippen molar-refractivity contribution in [2.75, 3.05) is 31.6 Å². The second kappa shape index (κ2) is 19.0. The number of carboxylic acids is 1. The van der Waals surface area contributed by atoms with Gasteiger partial charge in [-0.05, 0) is 73.8 Å². The van der Waals surface area contributed by atoms with Gasteiger partial charge in [0.15, 0.2) is 23.9 Å². The summed E-state index contributed by atoms with van der Waals surface area (Å²) in [5, 5.41) is 19.1. The van der Waals surface area contributed by atoms with Crippen LogP contribution in [0.4, 0.5) is 32.6 Å². The molecule has 1 aromatic carbocycles. The first-order valence-electron chi connectivity index (χ1n) is 16.9. The fourth-order valence-electron chi connectivity index (χ4n) is 6.12. The van der Waals surface area contributed by atoms with E-state index in [0.717, 1.165) is 49.7 Å². The lowest BCUT2D eigenvalue weighted by atomic mass is 9.86. The molecule has 3 aliphatic rings. The van der Waals surface area contributed by atoms with Crippen molar-refractivity contribution in [1.29, 1.82) is 0 Å². The Hall–Kier alpha value is -4.98. The van der Waals surface area contributed by atoms with Crippen LogP contribution >= 0.6 is 34.5 Å². The Morgan fingerprint density at radius 2 is 1.75 bits per heavy atom. The third kappa shape index (κ3) is 11.6.